The molecule has 2 aromatic rings. The second-order valence-corrected chi connectivity index (χ2v) is 7.17. The first kappa shape index (κ1) is 21.6. The largest absolute Gasteiger partial charge is 0.497 e. The molecular weight excluding hydrogens is 382 g/mol. The number of ether oxygens (including phenoxy) is 2. The smallest absolute Gasteiger partial charge is 0.411 e. The fourth-order valence-corrected chi connectivity index (χ4v) is 3.65. The van der Waals surface area contributed by atoms with Crippen LogP contribution in [0.3, 0.4) is 0 Å². The molecule has 0 unspecified atom stereocenters. The van der Waals surface area contributed by atoms with Crippen molar-refractivity contribution in [2.75, 3.05) is 38.7 Å². The van der Waals surface area contributed by atoms with Crippen molar-refractivity contribution in [3.05, 3.63) is 59.7 Å². The van der Waals surface area contributed by atoms with Gasteiger partial charge in [-0.05, 0) is 68.8 Å². The van der Waals surface area contributed by atoms with E-state index >= 15 is 0 Å². The minimum Gasteiger partial charge on any atom is -0.497 e. The van der Waals surface area contributed by atoms with Gasteiger partial charge in [0.05, 0.1) is 19.8 Å². The van der Waals surface area contributed by atoms with Crippen LogP contribution in [0.2, 0.25) is 0 Å². The number of methoxy groups -OCH3 is 1. The van der Waals surface area contributed by atoms with Gasteiger partial charge in [-0.2, -0.15) is 0 Å². The topological polar surface area (TPSA) is 79.9 Å². The van der Waals surface area contributed by atoms with Gasteiger partial charge in [0.15, 0.2) is 0 Å². The molecule has 7 nitrogen and oxygen atoms in total. The number of nitrogens with zero attached hydrogens (tertiary/aromatic N) is 1. The Morgan fingerprint density at radius 1 is 1.10 bits per heavy atom. The molecule has 0 bridgehead atoms. The first-order valence-corrected chi connectivity index (χ1v) is 10.3. The Labute approximate surface area is 177 Å². The fraction of sp³-hybridized carbons (Fsp3) is 0.391. The van der Waals surface area contributed by atoms with E-state index in [1.165, 1.54) is 12.8 Å². The van der Waals surface area contributed by atoms with Crippen LogP contribution in [-0.2, 0) is 4.74 Å². The predicted octanol–water partition coefficient (Wildman–Crippen LogP) is 3.83. The molecule has 2 aromatic carbocycles. The van der Waals surface area contributed by atoms with Crippen molar-refractivity contribution >= 4 is 17.7 Å². The third-order valence-electron chi connectivity index (χ3n) is 5.18. The summed E-state index contributed by atoms with van der Waals surface area (Å²) in [6.07, 6.45) is 1.80. The number of carbonyl (C=O) groups excluding carboxylic acids is 2. The normalized spacial score (nSPS) is 14.7. The summed E-state index contributed by atoms with van der Waals surface area (Å²) in [5, 5.41) is 5.68. The monoisotopic (exact) mass is 411 g/mol. The summed E-state index contributed by atoms with van der Waals surface area (Å²) in [7, 11) is 1.65. The van der Waals surface area contributed by atoms with E-state index < -0.39 is 6.09 Å². The molecule has 2 amide bonds. The molecular formula is C23H29N3O4. The van der Waals surface area contributed by atoms with E-state index in [1.807, 2.05) is 12.1 Å². The standard InChI is InChI=1S/C23H29N3O4/c1-3-30-23(28)25-19-8-6-7-18(15-19)22(27)24-16-21(26-13-4-5-14-26)17-9-11-20(29-2)12-10-17/h6-12,15,21H,3-5,13-14,16H2,1-2H3,(H,24,27)(H,25,28)/t21-/m0/s1. The Bertz CT molecular complexity index is 848. The zero-order valence-electron chi connectivity index (χ0n) is 17.5. The van der Waals surface area contributed by atoms with Crippen LogP contribution in [0.5, 0.6) is 5.75 Å². The van der Waals surface area contributed by atoms with Crippen molar-refractivity contribution in [3.8, 4) is 5.75 Å². The highest BCUT2D eigenvalue weighted by molar-refractivity contribution is 5.96. The molecule has 1 aliphatic rings. The predicted molar refractivity (Wildman–Crippen MR) is 116 cm³/mol. The lowest BCUT2D eigenvalue weighted by Gasteiger charge is -2.28. The summed E-state index contributed by atoms with van der Waals surface area (Å²) >= 11 is 0. The Morgan fingerprint density at radius 3 is 2.50 bits per heavy atom. The maximum Gasteiger partial charge on any atom is 0.411 e. The lowest BCUT2D eigenvalue weighted by Crippen LogP contribution is -2.36. The van der Waals surface area contributed by atoms with Gasteiger partial charge in [-0.1, -0.05) is 18.2 Å². The van der Waals surface area contributed by atoms with E-state index in [0.717, 1.165) is 24.4 Å². The number of hydrogen-bond donors (Lipinski definition) is 2. The number of anilines is 1. The van der Waals surface area contributed by atoms with Crippen LogP contribution in [0.1, 0.15) is 41.7 Å². The quantitative estimate of drug-likeness (QED) is 0.690. The lowest BCUT2D eigenvalue weighted by atomic mass is 10.0. The van der Waals surface area contributed by atoms with Crippen LogP contribution < -0.4 is 15.4 Å². The Kier molecular flexibility index (Phi) is 7.68. The maximum atomic E-state index is 12.8. The number of likely N-dealkylation sites (tertiary alicyclic amines) is 1. The van der Waals surface area contributed by atoms with E-state index in [2.05, 4.69) is 27.7 Å². The summed E-state index contributed by atoms with van der Waals surface area (Å²) < 4.78 is 10.1. The van der Waals surface area contributed by atoms with E-state index in [-0.39, 0.29) is 18.6 Å². The molecule has 1 heterocycles. The van der Waals surface area contributed by atoms with Gasteiger partial charge in [-0.25, -0.2) is 4.79 Å². The van der Waals surface area contributed by atoms with Crippen molar-refractivity contribution in [1.82, 2.24) is 10.2 Å². The van der Waals surface area contributed by atoms with Crippen molar-refractivity contribution < 1.29 is 19.1 Å². The number of rotatable bonds is 8. The van der Waals surface area contributed by atoms with Gasteiger partial charge in [0, 0.05) is 17.8 Å². The summed E-state index contributed by atoms with van der Waals surface area (Å²) in [5.74, 6) is 0.633. The summed E-state index contributed by atoms with van der Waals surface area (Å²) in [5.41, 5.74) is 2.15. The second kappa shape index (κ2) is 10.6. The number of hydrogen-bond acceptors (Lipinski definition) is 5. The number of nitrogens with one attached hydrogen (secondary N) is 2. The first-order chi connectivity index (χ1) is 14.6. The molecule has 1 aliphatic heterocycles. The SMILES string of the molecule is CCOC(=O)Nc1cccc(C(=O)NC[C@@H](c2ccc(OC)cc2)N2CCCC2)c1. The Morgan fingerprint density at radius 2 is 1.83 bits per heavy atom. The number of carbonyl (C=O) groups is 2. The van der Waals surface area contributed by atoms with E-state index in [4.69, 9.17) is 9.47 Å². The molecule has 0 radical (unpaired) electrons. The van der Waals surface area contributed by atoms with Crippen molar-refractivity contribution in [3.63, 3.8) is 0 Å². The van der Waals surface area contributed by atoms with Gasteiger partial charge in [-0.3, -0.25) is 15.0 Å². The molecule has 1 atom stereocenters. The summed E-state index contributed by atoms with van der Waals surface area (Å²) in [4.78, 5) is 26.8. The molecule has 30 heavy (non-hydrogen) atoms. The highest BCUT2D eigenvalue weighted by atomic mass is 16.5. The van der Waals surface area contributed by atoms with Crippen LogP contribution in [0.25, 0.3) is 0 Å². The Hall–Kier alpha value is -3.06. The first-order valence-electron chi connectivity index (χ1n) is 10.3. The molecule has 160 valence electrons. The average Bonchev–Trinajstić information content (AvgIpc) is 3.29. The van der Waals surface area contributed by atoms with Crippen LogP contribution in [-0.4, -0.2) is 50.3 Å². The minimum atomic E-state index is -0.538. The molecule has 1 saturated heterocycles. The molecule has 0 spiro atoms. The molecule has 7 heteroatoms. The van der Waals surface area contributed by atoms with Crippen LogP contribution in [0.4, 0.5) is 10.5 Å². The van der Waals surface area contributed by atoms with Gasteiger partial charge >= 0.3 is 6.09 Å². The zero-order chi connectivity index (χ0) is 21.3. The van der Waals surface area contributed by atoms with E-state index in [1.54, 1.807) is 38.3 Å². The Balaban J connectivity index is 1.67. The highest BCUT2D eigenvalue weighted by Crippen LogP contribution is 2.26. The average molecular weight is 412 g/mol. The molecule has 1 fully saturated rings. The summed E-state index contributed by atoms with van der Waals surface area (Å²) in [6, 6.07) is 14.9. The van der Waals surface area contributed by atoms with E-state index in [0.29, 0.717) is 17.8 Å². The van der Waals surface area contributed by atoms with Gasteiger partial charge in [0.2, 0.25) is 0 Å². The second-order valence-electron chi connectivity index (χ2n) is 7.17. The number of amides is 2. The zero-order valence-corrected chi connectivity index (χ0v) is 17.5. The lowest BCUT2D eigenvalue weighted by molar-refractivity contribution is 0.0937. The van der Waals surface area contributed by atoms with Crippen LogP contribution in [0.15, 0.2) is 48.5 Å². The van der Waals surface area contributed by atoms with Gasteiger partial charge in [0.1, 0.15) is 5.75 Å². The highest BCUT2D eigenvalue weighted by Gasteiger charge is 2.24. The summed E-state index contributed by atoms with van der Waals surface area (Å²) in [6.45, 7) is 4.57. The van der Waals surface area contributed by atoms with Gasteiger partial charge in [0.25, 0.3) is 5.91 Å². The molecule has 0 aliphatic carbocycles. The molecule has 2 N–H and O–H groups in total. The fourth-order valence-electron chi connectivity index (χ4n) is 3.65. The third kappa shape index (κ3) is 5.73. The molecule has 0 aromatic heterocycles. The maximum absolute atomic E-state index is 12.8. The van der Waals surface area contributed by atoms with Gasteiger partial charge < -0.3 is 14.8 Å². The van der Waals surface area contributed by atoms with Crippen molar-refractivity contribution in [2.24, 2.45) is 0 Å². The van der Waals surface area contributed by atoms with Gasteiger partial charge in [-0.15, -0.1) is 0 Å². The third-order valence-corrected chi connectivity index (χ3v) is 5.18. The minimum absolute atomic E-state index is 0.100. The van der Waals surface area contributed by atoms with Crippen molar-refractivity contribution in [1.29, 1.82) is 0 Å². The van der Waals surface area contributed by atoms with Crippen molar-refractivity contribution in [2.45, 2.75) is 25.8 Å². The van der Waals surface area contributed by atoms with Crippen LogP contribution in [0, 0.1) is 0 Å². The molecule has 0 saturated carbocycles. The molecule has 3 rings (SSSR count). The van der Waals surface area contributed by atoms with E-state index in [9.17, 15) is 9.59 Å². The number of benzene rings is 2. The van der Waals surface area contributed by atoms with Crippen LogP contribution >= 0.6 is 0 Å².